The first-order chi connectivity index (χ1) is 14.7. The molecule has 0 aromatic carbocycles. The van der Waals surface area contributed by atoms with Crippen molar-refractivity contribution in [2.45, 2.75) is 71.6 Å². The molecule has 2 fully saturated rings. The molecular weight excluding hydrogens is 400 g/mol. The van der Waals surface area contributed by atoms with E-state index in [0.29, 0.717) is 44.5 Å². The number of amides is 2. The summed E-state index contributed by atoms with van der Waals surface area (Å²) in [6.45, 7) is 6.57. The molecule has 8 heteroatoms. The largest absolute Gasteiger partial charge is 0.467 e. The van der Waals surface area contributed by atoms with E-state index >= 15 is 0 Å². The fourth-order valence-electron chi connectivity index (χ4n) is 5.97. The average molecular weight is 437 g/mol. The number of fused-ring (bicyclic) bond motifs is 1. The summed E-state index contributed by atoms with van der Waals surface area (Å²) in [4.78, 5) is 24.8. The van der Waals surface area contributed by atoms with Crippen molar-refractivity contribution in [3.8, 4) is 0 Å². The van der Waals surface area contributed by atoms with Crippen LogP contribution in [0.3, 0.4) is 0 Å². The van der Waals surface area contributed by atoms with Crippen molar-refractivity contribution in [3.63, 3.8) is 0 Å². The first-order valence-corrected chi connectivity index (χ1v) is 11.3. The number of carbonyl (C=O) groups is 2. The monoisotopic (exact) mass is 436 g/mol. The summed E-state index contributed by atoms with van der Waals surface area (Å²) < 4.78 is 11.0. The van der Waals surface area contributed by atoms with Crippen LogP contribution in [0.2, 0.25) is 0 Å². The summed E-state index contributed by atoms with van der Waals surface area (Å²) in [5.74, 6) is 0.329. The number of alkyl carbamates (subject to hydrolysis) is 1. The third-order valence-electron chi connectivity index (χ3n) is 7.69. The van der Waals surface area contributed by atoms with E-state index in [0.717, 1.165) is 0 Å². The highest BCUT2D eigenvalue weighted by molar-refractivity contribution is 5.76. The standard InChI is InChI=1S/C23H36N2O6/c1-4-24-21(29)31-19-9-10-22(2)16(12-20(28)25-13-15-6-5-11-30-15)17(27)7-8-18(22)23(19,3)14-26/h5-6,11,16-19,26-27H,4,7-10,12-14H2,1-3H3,(H,24,29)(H,25,28)/t16-,17-,18+,19+,22-,23+/m1/s1. The van der Waals surface area contributed by atoms with Gasteiger partial charge in [0.25, 0.3) is 0 Å². The van der Waals surface area contributed by atoms with Gasteiger partial charge >= 0.3 is 6.09 Å². The lowest BCUT2D eigenvalue weighted by atomic mass is 9.46. The minimum absolute atomic E-state index is 0.0180. The molecule has 4 N–H and O–H groups in total. The predicted octanol–water partition coefficient (Wildman–Crippen LogP) is 2.59. The topological polar surface area (TPSA) is 121 Å². The number of hydrogen-bond acceptors (Lipinski definition) is 6. The van der Waals surface area contributed by atoms with E-state index < -0.39 is 23.7 Å². The van der Waals surface area contributed by atoms with Crippen LogP contribution in [0.5, 0.6) is 0 Å². The van der Waals surface area contributed by atoms with Gasteiger partial charge in [-0.1, -0.05) is 13.8 Å². The molecule has 0 unspecified atom stereocenters. The Morgan fingerprint density at radius 2 is 2.03 bits per heavy atom. The Kier molecular flexibility index (Phi) is 7.31. The van der Waals surface area contributed by atoms with E-state index in [1.165, 1.54) is 0 Å². The lowest BCUT2D eigenvalue weighted by Crippen LogP contribution is -2.61. The highest BCUT2D eigenvalue weighted by atomic mass is 16.6. The van der Waals surface area contributed by atoms with Crippen LogP contribution in [0.4, 0.5) is 4.79 Å². The van der Waals surface area contributed by atoms with Crippen molar-refractivity contribution >= 4 is 12.0 Å². The number of nitrogens with one attached hydrogen (secondary N) is 2. The van der Waals surface area contributed by atoms with Gasteiger partial charge < -0.3 is 30.0 Å². The molecule has 1 aromatic rings. The third-order valence-corrected chi connectivity index (χ3v) is 7.69. The predicted molar refractivity (Wildman–Crippen MR) is 114 cm³/mol. The number of rotatable bonds is 7. The molecule has 3 rings (SSSR count). The van der Waals surface area contributed by atoms with Crippen molar-refractivity contribution in [2.24, 2.45) is 22.7 Å². The molecule has 2 aliphatic carbocycles. The summed E-state index contributed by atoms with van der Waals surface area (Å²) in [6, 6.07) is 3.57. The van der Waals surface area contributed by atoms with Gasteiger partial charge in [0.1, 0.15) is 11.9 Å². The number of carbonyl (C=O) groups excluding carboxylic acids is 2. The van der Waals surface area contributed by atoms with Crippen LogP contribution < -0.4 is 10.6 Å². The lowest BCUT2D eigenvalue weighted by Gasteiger charge is -2.60. The van der Waals surface area contributed by atoms with Crippen LogP contribution in [0.1, 0.15) is 58.6 Å². The lowest BCUT2D eigenvalue weighted by molar-refractivity contribution is -0.185. The molecule has 2 amide bonds. The zero-order chi connectivity index (χ0) is 22.6. The van der Waals surface area contributed by atoms with E-state index in [4.69, 9.17) is 9.15 Å². The van der Waals surface area contributed by atoms with Gasteiger partial charge in [0.15, 0.2) is 0 Å². The third kappa shape index (κ3) is 4.75. The fraction of sp³-hybridized carbons (Fsp3) is 0.739. The molecule has 8 nitrogen and oxygen atoms in total. The highest BCUT2D eigenvalue weighted by Crippen LogP contribution is 2.61. The summed E-state index contributed by atoms with van der Waals surface area (Å²) >= 11 is 0. The van der Waals surface area contributed by atoms with Crippen molar-refractivity contribution in [1.29, 1.82) is 0 Å². The zero-order valence-corrected chi connectivity index (χ0v) is 18.7. The number of aliphatic hydroxyl groups excluding tert-OH is 2. The Morgan fingerprint density at radius 1 is 1.26 bits per heavy atom. The van der Waals surface area contributed by atoms with Gasteiger partial charge in [-0.15, -0.1) is 0 Å². The van der Waals surface area contributed by atoms with E-state index in [9.17, 15) is 19.8 Å². The van der Waals surface area contributed by atoms with E-state index in [1.54, 1.807) is 18.4 Å². The van der Waals surface area contributed by atoms with Gasteiger partial charge in [-0.3, -0.25) is 4.79 Å². The normalized spacial score (nSPS) is 35.1. The van der Waals surface area contributed by atoms with E-state index in [-0.39, 0.29) is 36.2 Å². The summed E-state index contributed by atoms with van der Waals surface area (Å²) in [5, 5.41) is 26.8. The maximum atomic E-state index is 12.7. The average Bonchev–Trinajstić information content (AvgIpc) is 3.25. The van der Waals surface area contributed by atoms with Crippen LogP contribution in [0.15, 0.2) is 22.8 Å². The molecule has 6 atom stereocenters. The Balaban J connectivity index is 1.74. The number of hydrogen-bond donors (Lipinski definition) is 4. The molecule has 0 radical (unpaired) electrons. The second-order valence-corrected chi connectivity index (χ2v) is 9.50. The Morgan fingerprint density at radius 3 is 2.68 bits per heavy atom. The highest BCUT2D eigenvalue weighted by Gasteiger charge is 2.60. The fourth-order valence-corrected chi connectivity index (χ4v) is 5.97. The van der Waals surface area contributed by atoms with Gasteiger partial charge in [0.2, 0.25) is 5.91 Å². The maximum Gasteiger partial charge on any atom is 0.407 e. The summed E-state index contributed by atoms with van der Waals surface area (Å²) in [5.41, 5.74) is -0.987. The molecule has 0 saturated heterocycles. The SMILES string of the molecule is CCNC(=O)O[C@H]1CC[C@@]2(C)[C@H](CC[C@@H](O)[C@H]2CC(=O)NCc2ccco2)[C@]1(C)CO. The summed E-state index contributed by atoms with van der Waals surface area (Å²) in [6.07, 6.45) is 2.87. The quantitative estimate of drug-likeness (QED) is 0.521. The van der Waals surface area contributed by atoms with Crippen LogP contribution in [0, 0.1) is 22.7 Å². The number of furan rings is 1. The Hall–Kier alpha value is -2.06. The minimum atomic E-state index is -0.638. The molecule has 0 spiro atoms. The van der Waals surface area contributed by atoms with Gasteiger partial charge in [-0.05, 0) is 62.0 Å². The Labute approximate surface area is 183 Å². The van der Waals surface area contributed by atoms with Crippen LogP contribution in [-0.2, 0) is 16.1 Å². The molecule has 2 aliphatic rings. The van der Waals surface area contributed by atoms with Crippen molar-refractivity contribution < 1.29 is 29.0 Å². The molecule has 2 saturated carbocycles. The second-order valence-electron chi connectivity index (χ2n) is 9.50. The second kappa shape index (κ2) is 9.61. The van der Waals surface area contributed by atoms with Crippen molar-refractivity contribution in [1.82, 2.24) is 10.6 Å². The molecular formula is C23H36N2O6. The smallest absolute Gasteiger partial charge is 0.407 e. The molecule has 0 bridgehead atoms. The zero-order valence-electron chi connectivity index (χ0n) is 18.7. The van der Waals surface area contributed by atoms with Gasteiger partial charge in [-0.25, -0.2) is 4.79 Å². The first-order valence-electron chi connectivity index (χ1n) is 11.3. The van der Waals surface area contributed by atoms with Crippen molar-refractivity contribution in [2.75, 3.05) is 13.2 Å². The number of aliphatic hydroxyl groups is 2. The summed E-state index contributed by atoms with van der Waals surface area (Å²) in [7, 11) is 0. The molecule has 0 aliphatic heterocycles. The van der Waals surface area contributed by atoms with E-state index in [2.05, 4.69) is 17.6 Å². The van der Waals surface area contributed by atoms with E-state index in [1.807, 2.05) is 13.8 Å². The maximum absolute atomic E-state index is 12.7. The Bertz CT molecular complexity index is 753. The van der Waals surface area contributed by atoms with Gasteiger partial charge in [0.05, 0.1) is 25.5 Å². The van der Waals surface area contributed by atoms with Gasteiger partial charge in [-0.2, -0.15) is 0 Å². The molecule has 1 heterocycles. The van der Waals surface area contributed by atoms with Crippen molar-refractivity contribution in [3.05, 3.63) is 24.2 Å². The first kappa shape index (κ1) is 23.6. The molecule has 1 aromatic heterocycles. The minimum Gasteiger partial charge on any atom is -0.467 e. The molecule has 174 valence electrons. The van der Waals surface area contributed by atoms with Crippen LogP contribution >= 0.6 is 0 Å². The van der Waals surface area contributed by atoms with Gasteiger partial charge in [0, 0.05) is 18.4 Å². The van der Waals surface area contributed by atoms with Crippen LogP contribution in [-0.4, -0.2) is 47.6 Å². The molecule has 31 heavy (non-hydrogen) atoms. The van der Waals surface area contributed by atoms with Crippen LogP contribution in [0.25, 0.3) is 0 Å². The number of ether oxygens (including phenoxy) is 1.